The number of benzene rings is 1. The summed E-state index contributed by atoms with van der Waals surface area (Å²) in [7, 11) is 1.57. The van der Waals surface area contributed by atoms with E-state index in [4.69, 9.17) is 4.74 Å². The second-order valence-corrected chi connectivity index (χ2v) is 5.65. The second kappa shape index (κ2) is 5.02. The van der Waals surface area contributed by atoms with Crippen molar-refractivity contribution < 1.29 is 9.53 Å². The first-order valence-corrected chi connectivity index (χ1v) is 6.72. The summed E-state index contributed by atoms with van der Waals surface area (Å²) in [6, 6.07) is 7.31. The lowest BCUT2D eigenvalue weighted by molar-refractivity contribution is 0.103. The number of carbonyl (C=O) groups is 1. The summed E-state index contributed by atoms with van der Waals surface area (Å²) in [6.07, 6.45) is 0. The average Bonchev–Trinajstić information content (AvgIpc) is 2.75. The standard InChI is InChI=1S/C13H11BrO2S/c1-8-5-9(7-17-8)13(15)11-4-3-10(14)6-12(11)16-2/h3-7H,1-2H3. The molecular weight excluding hydrogens is 300 g/mol. The van der Waals surface area contributed by atoms with Gasteiger partial charge in [-0.25, -0.2) is 0 Å². The van der Waals surface area contributed by atoms with Crippen molar-refractivity contribution >= 4 is 33.0 Å². The van der Waals surface area contributed by atoms with Gasteiger partial charge in [-0.05, 0) is 31.2 Å². The molecule has 1 aromatic carbocycles. The number of hydrogen-bond acceptors (Lipinski definition) is 3. The molecule has 0 spiro atoms. The Kier molecular flexibility index (Phi) is 3.64. The number of halogens is 1. The topological polar surface area (TPSA) is 26.3 Å². The van der Waals surface area contributed by atoms with Crippen LogP contribution in [-0.2, 0) is 0 Å². The number of methoxy groups -OCH3 is 1. The first-order chi connectivity index (χ1) is 8.11. The van der Waals surface area contributed by atoms with Gasteiger partial charge in [0.2, 0.25) is 0 Å². The average molecular weight is 311 g/mol. The van der Waals surface area contributed by atoms with E-state index in [1.54, 1.807) is 30.6 Å². The Balaban J connectivity index is 2.43. The summed E-state index contributed by atoms with van der Waals surface area (Å²) in [4.78, 5) is 13.4. The van der Waals surface area contributed by atoms with E-state index in [-0.39, 0.29) is 5.78 Å². The monoisotopic (exact) mass is 310 g/mol. The van der Waals surface area contributed by atoms with Gasteiger partial charge in [-0.3, -0.25) is 4.79 Å². The number of carbonyl (C=O) groups excluding carboxylic acids is 1. The highest BCUT2D eigenvalue weighted by atomic mass is 79.9. The van der Waals surface area contributed by atoms with Crippen LogP contribution in [-0.4, -0.2) is 12.9 Å². The van der Waals surface area contributed by atoms with Crippen molar-refractivity contribution in [1.29, 1.82) is 0 Å². The van der Waals surface area contributed by atoms with E-state index >= 15 is 0 Å². The molecule has 1 aromatic heterocycles. The molecule has 0 amide bonds. The predicted molar refractivity (Wildman–Crippen MR) is 73.2 cm³/mol. The van der Waals surface area contributed by atoms with Gasteiger partial charge >= 0.3 is 0 Å². The van der Waals surface area contributed by atoms with Gasteiger partial charge in [-0.15, -0.1) is 11.3 Å². The number of rotatable bonds is 3. The molecule has 88 valence electrons. The van der Waals surface area contributed by atoms with Gasteiger partial charge in [-0.1, -0.05) is 15.9 Å². The van der Waals surface area contributed by atoms with Crippen molar-refractivity contribution in [3.8, 4) is 5.75 Å². The van der Waals surface area contributed by atoms with Gasteiger partial charge in [-0.2, -0.15) is 0 Å². The summed E-state index contributed by atoms with van der Waals surface area (Å²) in [5.41, 5.74) is 1.31. The molecule has 0 atom stereocenters. The smallest absolute Gasteiger partial charge is 0.197 e. The van der Waals surface area contributed by atoms with Gasteiger partial charge in [0.25, 0.3) is 0 Å². The molecule has 2 nitrogen and oxygen atoms in total. The third-order valence-electron chi connectivity index (χ3n) is 2.40. The van der Waals surface area contributed by atoms with Crippen LogP contribution >= 0.6 is 27.3 Å². The fourth-order valence-corrected chi connectivity index (χ4v) is 2.59. The molecule has 0 aliphatic heterocycles. The molecule has 0 fully saturated rings. The minimum Gasteiger partial charge on any atom is -0.496 e. The maximum absolute atomic E-state index is 12.3. The fraction of sp³-hybridized carbons (Fsp3) is 0.154. The zero-order valence-corrected chi connectivity index (χ0v) is 11.9. The largest absolute Gasteiger partial charge is 0.496 e. The highest BCUT2D eigenvalue weighted by Crippen LogP contribution is 2.27. The van der Waals surface area contributed by atoms with Gasteiger partial charge < -0.3 is 4.74 Å². The van der Waals surface area contributed by atoms with E-state index in [1.165, 1.54) is 0 Å². The Morgan fingerprint density at radius 3 is 2.71 bits per heavy atom. The van der Waals surface area contributed by atoms with Crippen LogP contribution < -0.4 is 4.74 Å². The Morgan fingerprint density at radius 1 is 1.35 bits per heavy atom. The lowest BCUT2D eigenvalue weighted by Gasteiger charge is -2.07. The highest BCUT2D eigenvalue weighted by Gasteiger charge is 2.15. The van der Waals surface area contributed by atoms with Crippen LogP contribution in [0.2, 0.25) is 0 Å². The van der Waals surface area contributed by atoms with Crippen molar-refractivity contribution in [1.82, 2.24) is 0 Å². The third-order valence-corrected chi connectivity index (χ3v) is 3.76. The first kappa shape index (κ1) is 12.3. The molecule has 1 heterocycles. The van der Waals surface area contributed by atoms with Gasteiger partial charge in [0.05, 0.1) is 12.7 Å². The zero-order valence-electron chi connectivity index (χ0n) is 9.49. The van der Waals surface area contributed by atoms with E-state index in [0.717, 1.165) is 9.35 Å². The number of ether oxygens (including phenoxy) is 1. The highest BCUT2D eigenvalue weighted by molar-refractivity contribution is 9.10. The molecule has 0 N–H and O–H groups in total. The van der Waals surface area contributed by atoms with Gasteiger partial charge in [0, 0.05) is 20.3 Å². The third kappa shape index (κ3) is 2.58. The molecule has 0 unspecified atom stereocenters. The maximum atomic E-state index is 12.3. The van der Waals surface area contributed by atoms with Crippen molar-refractivity contribution in [3.05, 3.63) is 50.1 Å². The zero-order chi connectivity index (χ0) is 12.4. The lowest BCUT2D eigenvalue weighted by atomic mass is 10.0. The Hall–Kier alpha value is -1.13. The van der Waals surface area contributed by atoms with Gasteiger partial charge in [0.15, 0.2) is 5.78 Å². The summed E-state index contributed by atoms with van der Waals surface area (Å²) in [6.45, 7) is 1.99. The van der Waals surface area contributed by atoms with Crippen molar-refractivity contribution in [3.63, 3.8) is 0 Å². The van der Waals surface area contributed by atoms with Crippen LogP contribution in [0.15, 0.2) is 34.1 Å². The second-order valence-electron chi connectivity index (χ2n) is 3.62. The Bertz CT molecular complexity index is 560. The molecule has 0 aliphatic rings. The minimum atomic E-state index is -0.00120. The quantitative estimate of drug-likeness (QED) is 0.799. The van der Waals surface area contributed by atoms with Gasteiger partial charge in [0.1, 0.15) is 5.75 Å². The summed E-state index contributed by atoms with van der Waals surface area (Å²) in [5, 5.41) is 1.87. The number of thiophene rings is 1. The minimum absolute atomic E-state index is 0.00120. The van der Waals surface area contributed by atoms with Crippen molar-refractivity contribution in [2.75, 3.05) is 7.11 Å². The van der Waals surface area contributed by atoms with E-state index in [1.807, 2.05) is 24.4 Å². The van der Waals surface area contributed by atoms with Crippen LogP contribution in [0.3, 0.4) is 0 Å². The number of ketones is 1. The molecule has 0 bridgehead atoms. The van der Waals surface area contributed by atoms with Crippen molar-refractivity contribution in [2.45, 2.75) is 6.92 Å². The number of hydrogen-bond donors (Lipinski definition) is 0. The van der Waals surface area contributed by atoms with Crippen molar-refractivity contribution in [2.24, 2.45) is 0 Å². The predicted octanol–water partition coefficient (Wildman–Crippen LogP) is 4.06. The van der Waals surface area contributed by atoms with Crippen LogP contribution in [0.4, 0.5) is 0 Å². The number of aryl methyl sites for hydroxylation is 1. The summed E-state index contributed by atoms with van der Waals surface area (Å²) in [5.74, 6) is 0.590. The van der Waals surface area contributed by atoms with Crippen LogP contribution in [0.25, 0.3) is 0 Å². The molecule has 2 rings (SSSR count). The molecule has 0 radical (unpaired) electrons. The van der Waals surface area contributed by atoms with Crippen LogP contribution in [0, 0.1) is 6.92 Å². The molecular formula is C13H11BrO2S. The lowest BCUT2D eigenvalue weighted by Crippen LogP contribution is -2.02. The SMILES string of the molecule is COc1cc(Br)ccc1C(=O)c1csc(C)c1. The van der Waals surface area contributed by atoms with Crippen LogP contribution in [0.5, 0.6) is 5.75 Å². The normalized spacial score (nSPS) is 10.3. The molecule has 0 saturated carbocycles. The summed E-state index contributed by atoms with van der Waals surface area (Å²) >= 11 is 4.93. The Morgan fingerprint density at radius 2 is 2.12 bits per heavy atom. The molecule has 2 aromatic rings. The Labute approximate surface area is 112 Å². The molecule has 17 heavy (non-hydrogen) atoms. The van der Waals surface area contributed by atoms with E-state index in [2.05, 4.69) is 15.9 Å². The molecule has 0 aliphatic carbocycles. The van der Waals surface area contributed by atoms with E-state index in [0.29, 0.717) is 16.9 Å². The summed E-state index contributed by atoms with van der Waals surface area (Å²) < 4.78 is 6.12. The van der Waals surface area contributed by atoms with E-state index < -0.39 is 0 Å². The molecule has 4 heteroatoms. The molecule has 0 saturated heterocycles. The van der Waals surface area contributed by atoms with E-state index in [9.17, 15) is 4.79 Å². The van der Waals surface area contributed by atoms with Crippen LogP contribution in [0.1, 0.15) is 20.8 Å². The fourth-order valence-electron chi connectivity index (χ4n) is 1.57. The first-order valence-electron chi connectivity index (χ1n) is 5.05. The maximum Gasteiger partial charge on any atom is 0.197 e.